The summed E-state index contributed by atoms with van der Waals surface area (Å²) in [6, 6.07) is 16.2. The van der Waals surface area contributed by atoms with Crippen LogP contribution in [0.2, 0.25) is 12.1 Å². The van der Waals surface area contributed by atoms with Crippen LogP contribution in [0.4, 0.5) is 0 Å². The Kier molecular flexibility index (Phi) is 12.5. The zero-order valence-corrected chi connectivity index (χ0v) is 25.3. The summed E-state index contributed by atoms with van der Waals surface area (Å²) in [5.41, 5.74) is 8.55. The zero-order valence-electron chi connectivity index (χ0n) is 23.3. The molecule has 0 atom stereocenters. The van der Waals surface area contributed by atoms with Gasteiger partial charge in [-0.2, -0.15) is 0 Å². The summed E-state index contributed by atoms with van der Waals surface area (Å²) in [6.45, 7) is 22.1. The Labute approximate surface area is 234 Å². The van der Waals surface area contributed by atoms with E-state index in [9.17, 15) is 9.59 Å². The molecule has 0 bridgehead atoms. The zero-order chi connectivity index (χ0) is 28.9. The number of carbonyl (C=O) groups excluding carboxylic acids is 2. The standard InChI is InChI=1S/C31H40O6Si2/c1-8-15-16-29(34-36-30(32)25-17-21-27(22-18-25)38(9-2,10-3)11-4)35-37-31(33)26-19-23-28(24-20-26)39(12-5,13-6)14-7/h9-10,12-13,17-24,29H,2-3,5-6,8,11,14-16H2,1,4,7H3. The third-order valence-corrected chi connectivity index (χ3v) is 15.3. The highest BCUT2D eigenvalue weighted by atomic mass is 28.3. The molecule has 2 aromatic rings. The molecule has 2 rings (SSSR count). The van der Waals surface area contributed by atoms with Crippen molar-refractivity contribution in [3.05, 3.63) is 109 Å². The molecule has 0 fully saturated rings. The minimum Gasteiger partial charge on any atom is -0.290 e. The third kappa shape index (κ3) is 7.86. The first kappa shape index (κ1) is 31.9. The average Bonchev–Trinajstić information content (AvgIpc) is 2.99. The first-order valence-electron chi connectivity index (χ1n) is 13.3. The van der Waals surface area contributed by atoms with Crippen molar-refractivity contribution in [2.45, 2.75) is 58.4 Å². The summed E-state index contributed by atoms with van der Waals surface area (Å²) >= 11 is 0. The third-order valence-electron chi connectivity index (χ3n) is 7.20. The lowest BCUT2D eigenvalue weighted by Crippen LogP contribution is -2.43. The summed E-state index contributed by atoms with van der Waals surface area (Å²) in [6.07, 6.45) is 0.851. The van der Waals surface area contributed by atoms with Gasteiger partial charge in [0.15, 0.2) is 0 Å². The van der Waals surface area contributed by atoms with Crippen molar-refractivity contribution in [3.8, 4) is 0 Å². The minimum atomic E-state index is -2.00. The van der Waals surface area contributed by atoms with Crippen molar-refractivity contribution in [1.82, 2.24) is 0 Å². The van der Waals surface area contributed by atoms with Crippen LogP contribution < -0.4 is 10.4 Å². The largest absolute Gasteiger partial charge is 0.373 e. The van der Waals surface area contributed by atoms with Gasteiger partial charge in [-0.1, -0.05) is 84.6 Å². The average molecular weight is 565 g/mol. The van der Waals surface area contributed by atoms with Crippen LogP contribution in [0.3, 0.4) is 0 Å². The fourth-order valence-electron chi connectivity index (χ4n) is 4.23. The predicted octanol–water partition coefficient (Wildman–Crippen LogP) is 6.33. The second-order valence-corrected chi connectivity index (χ2v) is 17.6. The second kappa shape index (κ2) is 15.3. The number of hydrogen-bond donors (Lipinski definition) is 0. The summed E-state index contributed by atoms with van der Waals surface area (Å²) in [5.74, 6) is -1.36. The Morgan fingerprint density at radius 2 is 1.05 bits per heavy atom. The fourth-order valence-corrected chi connectivity index (χ4v) is 9.05. The number of hydrogen-bond acceptors (Lipinski definition) is 6. The summed E-state index contributed by atoms with van der Waals surface area (Å²) in [5, 5.41) is 2.21. The molecule has 0 radical (unpaired) electrons. The van der Waals surface area contributed by atoms with Crippen LogP contribution in [0.1, 0.15) is 60.7 Å². The topological polar surface area (TPSA) is 71.1 Å². The first-order valence-corrected chi connectivity index (χ1v) is 18.0. The molecule has 0 heterocycles. The van der Waals surface area contributed by atoms with Gasteiger partial charge in [0.1, 0.15) is 16.1 Å². The Morgan fingerprint density at radius 1 is 0.692 bits per heavy atom. The van der Waals surface area contributed by atoms with Crippen LogP contribution in [0.5, 0.6) is 0 Å². The van der Waals surface area contributed by atoms with Gasteiger partial charge in [0.05, 0.1) is 11.1 Å². The molecular formula is C31H40O6Si2. The molecule has 0 spiro atoms. The van der Waals surface area contributed by atoms with Gasteiger partial charge in [0.2, 0.25) is 6.29 Å². The van der Waals surface area contributed by atoms with E-state index in [2.05, 4.69) is 40.2 Å². The monoisotopic (exact) mass is 564 g/mol. The maximum absolute atomic E-state index is 12.6. The molecule has 0 saturated carbocycles. The van der Waals surface area contributed by atoms with E-state index in [4.69, 9.17) is 19.6 Å². The van der Waals surface area contributed by atoms with Crippen LogP contribution in [0.25, 0.3) is 0 Å². The van der Waals surface area contributed by atoms with E-state index in [-0.39, 0.29) is 0 Å². The summed E-state index contributed by atoms with van der Waals surface area (Å²) in [4.78, 5) is 45.7. The van der Waals surface area contributed by atoms with Crippen molar-refractivity contribution in [2.24, 2.45) is 0 Å². The van der Waals surface area contributed by atoms with E-state index in [0.717, 1.165) is 28.9 Å². The summed E-state index contributed by atoms with van der Waals surface area (Å²) in [7, 11) is -4.00. The lowest BCUT2D eigenvalue weighted by Gasteiger charge is -2.23. The van der Waals surface area contributed by atoms with Gasteiger partial charge in [-0.05, 0) is 42.8 Å². The second-order valence-electron chi connectivity index (χ2n) is 9.26. The van der Waals surface area contributed by atoms with E-state index in [1.807, 2.05) is 54.0 Å². The molecule has 6 nitrogen and oxygen atoms in total. The molecule has 0 amide bonds. The van der Waals surface area contributed by atoms with E-state index >= 15 is 0 Å². The van der Waals surface area contributed by atoms with Crippen molar-refractivity contribution in [2.75, 3.05) is 0 Å². The molecule has 0 aliphatic heterocycles. The Bertz CT molecular complexity index is 1040. The maximum Gasteiger partial charge on any atom is 0.373 e. The van der Waals surface area contributed by atoms with Gasteiger partial charge in [0.25, 0.3) is 0 Å². The maximum atomic E-state index is 12.6. The molecular weight excluding hydrogens is 525 g/mol. The van der Waals surface area contributed by atoms with Gasteiger partial charge < -0.3 is 0 Å². The van der Waals surface area contributed by atoms with Crippen LogP contribution >= 0.6 is 0 Å². The van der Waals surface area contributed by atoms with Crippen LogP contribution in [0, 0.1) is 0 Å². The molecule has 0 aromatic heterocycles. The minimum absolute atomic E-state index is 0.322. The normalized spacial score (nSPS) is 11.5. The van der Waals surface area contributed by atoms with E-state index in [1.165, 1.54) is 0 Å². The molecule has 0 aliphatic rings. The van der Waals surface area contributed by atoms with E-state index in [1.54, 1.807) is 24.3 Å². The van der Waals surface area contributed by atoms with Gasteiger partial charge in [-0.25, -0.2) is 9.59 Å². The lowest BCUT2D eigenvalue weighted by molar-refractivity contribution is -0.421. The van der Waals surface area contributed by atoms with Crippen LogP contribution in [-0.2, 0) is 19.6 Å². The Morgan fingerprint density at radius 3 is 1.33 bits per heavy atom. The molecule has 0 unspecified atom stereocenters. The molecule has 0 aliphatic carbocycles. The van der Waals surface area contributed by atoms with Gasteiger partial charge in [-0.3, -0.25) is 9.78 Å². The Balaban J connectivity index is 2.01. The van der Waals surface area contributed by atoms with Gasteiger partial charge >= 0.3 is 11.9 Å². The fraction of sp³-hybridized carbons (Fsp3) is 0.290. The Hall–Kier alpha value is -3.31. The molecule has 0 saturated heterocycles. The van der Waals surface area contributed by atoms with Crippen molar-refractivity contribution in [1.29, 1.82) is 0 Å². The molecule has 2 aromatic carbocycles. The smallest absolute Gasteiger partial charge is 0.290 e. The molecule has 208 valence electrons. The van der Waals surface area contributed by atoms with E-state index < -0.39 is 34.4 Å². The number of benzene rings is 2. The van der Waals surface area contributed by atoms with Crippen LogP contribution in [0.15, 0.2) is 97.6 Å². The number of carbonyl (C=O) groups is 2. The van der Waals surface area contributed by atoms with Crippen molar-refractivity contribution >= 4 is 38.5 Å². The number of unbranched alkanes of at least 4 members (excludes halogenated alkanes) is 1. The van der Waals surface area contributed by atoms with Crippen LogP contribution in [-0.4, -0.2) is 34.4 Å². The molecule has 0 N–H and O–H groups in total. The van der Waals surface area contributed by atoms with Crippen molar-refractivity contribution in [3.63, 3.8) is 0 Å². The predicted molar refractivity (Wildman–Crippen MR) is 162 cm³/mol. The lowest BCUT2D eigenvalue weighted by atomic mass is 10.2. The van der Waals surface area contributed by atoms with E-state index in [0.29, 0.717) is 24.0 Å². The SMILES string of the molecule is C=C[Si](C=C)(CC)c1ccc(C(=O)OOC(CCCC)OOC(=O)c2ccc([Si](C=C)(C=C)CC)cc2)cc1. The highest BCUT2D eigenvalue weighted by Crippen LogP contribution is 2.16. The van der Waals surface area contributed by atoms with Crippen molar-refractivity contribution < 1.29 is 29.1 Å². The van der Waals surface area contributed by atoms with Gasteiger partial charge in [-0.15, -0.1) is 36.1 Å². The van der Waals surface area contributed by atoms with Gasteiger partial charge in [0, 0.05) is 6.42 Å². The molecule has 8 heteroatoms. The first-order chi connectivity index (χ1) is 18.8. The quantitative estimate of drug-likeness (QED) is 0.0968. The highest BCUT2D eigenvalue weighted by molar-refractivity contribution is 7.00. The summed E-state index contributed by atoms with van der Waals surface area (Å²) < 4.78 is 0. The number of rotatable bonds is 17. The molecule has 39 heavy (non-hydrogen) atoms. The highest BCUT2D eigenvalue weighted by Gasteiger charge is 2.28.